The monoisotopic (exact) mass is 627 g/mol. The van der Waals surface area contributed by atoms with Crippen LogP contribution >= 0.6 is 0 Å². The Kier molecular flexibility index (Phi) is 7.13. The molecule has 8 aromatic rings. The Morgan fingerprint density at radius 2 is 0.837 bits per heavy atom. The van der Waals surface area contributed by atoms with Crippen LogP contribution in [0.3, 0.4) is 0 Å². The molecule has 0 saturated carbocycles. The number of pyridine rings is 2. The normalized spacial score (nSPS) is 11.6. The number of nitrogens with zero attached hydrogens (tertiary/aromatic N) is 5. The number of benzene rings is 5. The predicted octanol–water partition coefficient (Wildman–Crippen LogP) is 10.2. The van der Waals surface area contributed by atoms with Crippen LogP contribution in [0.1, 0.15) is 11.1 Å². The highest BCUT2D eigenvalue weighted by atomic mass is 15.1. The van der Waals surface area contributed by atoms with Crippen molar-refractivity contribution in [3.63, 3.8) is 0 Å². The van der Waals surface area contributed by atoms with E-state index in [0.29, 0.717) is 28.9 Å². The minimum Gasteiger partial charge on any atom is -0.252 e. The summed E-state index contributed by atoms with van der Waals surface area (Å²) >= 11 is 0. The molecule has 0 fully saturated rings. The topological polar surface area (TPSA) is 64.5 Å². The van der Waals surface area contributed by atoms with E-state index in [-0.39, 0.29) is 0 Å². The zero-order chi connectivity index (χ0) is 32.6. The summed E-state index contributed by atoms with van der Waals surface area (Å²) in [5, 5.41) is 0. The van der Waals surface area contributed by atoms with Crippen LogP contribution in [0.2, 0.25) is 0 Å². The average molecular weight is 628 g/mol. The highest BCUT2D eigenvalue weighted by Gasteiger charge is 2.25. The van der Waals surface area contributed by atoms with Crippen LogP contribution in [0.15, 0.2) is 164 Å². The minimum absolute atomic E-state index is 0.500. The van der Waals surface area contributed by atoms with Gasteiger partial charge in [-0.3, -0.25) is 4.98 Å². The van der Waals surface area contributed by atoms with E-state index in [4.69, 9.17) is 24.9 Å². The van der Waals surface area contributed by atoms with Crippen LogP contribution in [0, 0.1) is 0 Å². The van der Waals surface area contributed by atoms with Crippen molar-refractivity contribution in [1.82, 2.24) is 24.9 Å². The Bertz CT molecular complexity index is 2440. The van der Waals surface area contributed by atoms with E-state index in [9.17, 15) is 0 Å². The van der Waals surface area contributed by atoms with E-state index in [0.717, 1.165) is 34.4 Å². The van der Waals surface area contributed by atoms with Gasteiger partial charge in [-0.25, -0.2) is 19.9 Å². The van der Waals surface area contributed by atoms with Gasteiger partial charge in [0.05, 0.1) is 5.69 Å². The summed E-state index contributed by atoms with van der Waals surface area (Å²) in [5.41, 5.74) is 14.1. The lowest BCUT2D eigenvalue weighted by Crippen LogP contribution is -2.02. The van der Waals surface area contributed by atoms with E-state index in [2.05, 4.69) is 91.0 Å². The van der Waals surface area contributed by atoms with Gasteiger partial charge in [0.1, 0.15) is 11.4 Å². The molecule has 9 rings (SSSR count). The maximum atomic E-state index is 5.18. The van der Waals surface area contributed by atoms with Gasteiger partial charge < -0.3 is 0 Å². The van der Waals surface area contributed by atoms with Gasteiger partial charge in [-0.15, -0.1) is 0 Å². The average Bonchev–Trinajstić information content (AvgIpc) is 3.58. The second-order valence-electron chi connectivity index (χ2n) is 12.1. The van der Waals surface area contributed by atoms with Crippen molar-refractivity contribution in [1.29, 1.82) is 0 Å². The van der Waals surface area contributed by atoms with Crippen LogP contribution in [0.4, 0.5) is 0 Å². The third kappa shape index (κ3) is 5.37. The molecule has 5 heteroatoms. The largest absolute Gasteiger partial charge is 0.252 e. The third-order valence-electron chi connectivity index (χ3n) is 9.10. The van der Waals surface area contributed by atoms with Crippen LogP contribution in [-0.2, 0) is 6.42 Å². The Morgan fingerprint density at radius 3 is 1.51 bits per heavy atom. The molecule has 5 nitrogen and oxygen atoms in total. The van der Waals surface area contributed by atoms with Crippen molar-refractivity contribution >= 4 is 0 Å². The number of aromatic nitrogens is 5. The summed E-state index contributed by atoms with van der Waals surface area (Å²) < 4.78 is 0. The maximum Gasteiger partial charge on any atom is 0.182 e. The molecular formula is C44H29N5. The summed E-state index contributed by atoms with van der Waals surface area (Å²) in [6.07, 6.45) is 2.71. The zero-order valence-corrected chi connectivity index (χ0v) is 26.5. The molecule has 1 aliphatic rings. The number of hydrogen-bond donors (Lipinski definition) is 0. The molecule has 0 amide bonds. The fraction of sp³-hybridized carbons (Fsp3) is 0.0227. The lowest BCUT2D eigenvalue weighted by atomic mass is 9.96. The van der Waals surface area contributed by atoms with E-state index < -0.39 is 0 Å². The van der Waals surface area contributed by atoms with Gasteiger partial charge in [0.15, 0.2) is 17.5 Å². The van der Waals surface area contributed by atoms with Crippen molar-refractivity contribution in [3.8, 4) is 79.1 Å². The van der Waals surface area contributed by atoms with Gasteiger partial charge in [0, 0.05) is 22.9 Å². The van der Waals surface area contributed by atoms with E-state index in [1.165, 1.54) is 33.4 Å². The van der Waals surface area contributed by atoms with Crippen LogP contribution < -0.4 is 0 Å². The maximum absolute atomic E-state index is 5.18. The lowest BCUT2D eigenvalue weighted by molar-refractivity contribution is 1.05. The van der Waals surface area contributed by atoms with Crippen LogP contribution in [-0.4, -0.2) is 24.9 Å². The van der Waals surface area contributed by atoms with E-state index in [1.54, 1.807) is 0 Å². The Balaban J connectivity index is 1.12. The van der Waals surface area contributed by atoms with Crippen LogP contribution in [0.25, 0.3) is 79.1 Å². The molecular weight excluding hydrogens is 599 g/mol. The SMILES string of the molecule is c1ccc(-c2ccc(-c3nc(-c4ccccc4)nc(-c4cccc(-c5cccc6c5Cc5c(-c7ccccc7)cccc5-6)n4)n3)nc2)cc1. The molecule has 0 bridgehead atoms. The summed E-state index contributed by atoms with van der Waals surface area (Å²) in [6, 6.07) is 54.1. The molecule has 0 spiro atoms. The Morgan fingerprint density at radius 1 is 0.306 bits per heavy atom. The second-order valence-corrected chi connectivity index (χ2v) is 12.1. The molecule has 3 heterocycles. The second kappa shape index (κ2) is 12.2. The highest BCUT2D eigenvalue weighted by molar-refractivity contribution is 5.89. The first-order chi connectivity index (χ1) is 24.3. The third-order valence-corrected chi connectivity index (χ3v) is 9.10. The van der Waals surface area contributed by atoms with Crippen molar-refractivity contribution < 1.29 is 0 Å². The van der Waals surface area contributed by atoms with Crippen molar-refractivity contribution in [2.24, 2.45) is 0 Å². The Hall–Kier alpha value is -6.59. The van der Waals surface area contributed by atoms with Gasteiger partial charge in [0.25, 0.3) is 0 Å². The summed E-state index contributed by atoms with van der Waals surface area (Å²) in [6.45, 7) is 0. The number of fused-ring (bicyclic) bond motifs is 3. The number of hydrogen-bond acceptors (Lipinski definition) is 5. The molecule has 49 heavy (non-hydrogen) atoms. The molecule has 3 aromatic heterocycles. The fourth-order valence-corrected chi connectivity index (χ4v) is 6.72. The molecule has 1 aliphatic carbocycles. The summed E-state index contributed by atoms with van der Waals surface area (Å²) in [5.74, 6) is 1.58. The summed E-state index contributed by atoms with van der Waals surface area (Å²) in [7, 11) is 0. The number of rotatable bonds is 6. The molecule has 0 saturated heterocycles. The molecule has 230 valence electrons. The first-order valence-electron chi connectivity index (χ1n) is 16.4. The summed E-state index contributed by atoms with van der Waals surface area (Å²) in [4.78, 5) is 24.7. The molecule has 0 N–H and O–H groups in total. The molecule has 0 aliphatic heterocycles. The van der Waals surface area contributed by atoms with Gasteiger partial charge in [-0.2, -0.15) is 0 Å². The van der Waals surface area contributed by atoms with E-state index in [1.807, 2.05) is 72.9 Å². The molecule has 0 atom stereocenters. The van der Waals surface area contributed by atoms with Crippen molar-refractivity contribution in [3.05, 3.63) is 175 Å². The van der Waals surface area contributed by atoms with Gasteiger partial charge >= 0.3 is 0 Å². The van der Waals surface area contributed by atoms with E-state index >= 15 is 0 Å². The van der Waals surface area contributed by atoms with Crippen molar-refractivity contribution in [2.45, 2.75) is 6.42 Å². The minimum atomic E-state index is 0.500. The lowest BCUT2D eigenvalue weighted by Gasteiger charge is -2.11. The van der Waals surface area contributed by atoms with Gasteiger partial charge in [0.2, 0.25) is 0 Å². The van der Waals surface area contributed by atoms with Gasteiger partial charge in [-0.1, -0.05) is 140 Å². The molecule has 5 aromatic carbocycles. The Labute approximate surface area is 284 Å². The fourth-order valence-electron chi connectivity index (χ4n) is 6.72. The zero-order valence-electron chi connectivity index (χ0n) is 26.5. The quantitative estimate of drug-likeness (QED) is 0.184. The van der Waals surface area contributed by atoms with Crippen molar-refractivity contribution in [2.75, 3.05) is 0 Å². The highest BCUT2D eigenvalue weighted by Crippen LogP contribution is 2.45. The molecule has 0 unspecified atom stereocenters. The van der Waals surface area contributed by atoms with Gasteiger partial charge in [-0.05, 0) is 63.6 Å². The first kappa shape index (κ1) is 28.6. The molecule has 0 radical (unpaired) electrons. The van der Waals surface area contributed by atoms with Crippen LogP contribution in [0.5, 0.6) is 0 Å². The predicted molar refractivity (Wildman–Crippen MR) is 196 cm³/mol. The standard InChI is InChI=1S/C44H29N5/c1-4-13-29(14-5-1)32-25-26-40(45-28-32)43-47-42(31-17-8-3-9-18-31)48-44(49-43)41-24-12-23-39(46-41)36-22-11-21-35-34-20-10-19-33(37(34)27-38(35)36)30-15-6-2-7-16-30/h1-26,28H,27H2. The first-order valence-corrected chi connectivity index (χ1v) is 16.4. The smallest absolute Gasteiger partial charge is 0.182 e.